The van der Waals surface area contributed by atoms with Crippen LogP contribution in [0.25, 0.3) is 0 Å². The van der Waals surface area contributed by atoms with Crippen LogP contribution < -0.4 is 15.8 Å². The lowest BCUT2D eigenvalue weighted by Gasteiger charge is -2.41. The van der Waals surface area contributed by atoms with Crippen molar-refractivity contribution in [1.82, 2.24) is 10.2 Å². The van der Waals surface area contributed by atoms with Gasteiger partial charge in [0.25, 0.3) is 5.91 Å². The molecule has 2 atom stereocenters. The van der Waals surface area contributed by atoms with Crippen LogP contribution in [0.4, 0.5) is 5.69 Å². The van der Waals surface area contributed by atoms with Gasteiger partial charge in [-0.2, -0.15) is 0 Å². The van der Waals surface area contributed by atoms with Crippen molar-refractivity contribution in [3.63, 3.8) is 0 Å². The highest BCUT2D eigenvalue weighted by Crippen LogP contribution is 2.49. The second-order valence-corrected chi connectivity index (χ2v) is 7.34. The van der Waals surface area contributed by atoms with Crippen LogP contribution in [0.2, 0.25) is 5.02 Å². The lowest BCUT2D eigenvalue weighted by atomic mass is 9.90. The molecule has 22 heavy (non-hydrogen) atoms. The van der Waals surface area contributed by atoms with E-state index in [0.29, 0.717) is 22.0 Å². The van der Waals surface area contributed by atoms with E-state index in [0.717, 1.165) is 31.2 Å². The topological polar surface area (TPSA) is 67.6 Å². The number of hydrogen-bond acceptors (Lipinski definition) is 4. The summed E-state index contributed by atoms with van der Waals surface area (Å²) in [6, 6.07) is 3.20. The summed E-state index contributed by atoms with van der Waals surface area (Å²) in [7, 11) is 1.53. The zero-order valence-corrected chi connectivity index (χ0v) is 13.3. The number of anilines is 1. The number of carbonyl (C=O) groups is 1. The third-order valence-corrected chi connectivity index (χ3v) is 5.75. The highest BCUT2D eigenvalue weighted by Gasteiger charge is 2.55. The third-order valence-electron chi connectivity index (χ3n) is 5.43. The quantitative estimate of drug-likeness (QED) is 0.832. The van der Waals surface area contributed by atoms with Gasteiger partial charge in [-0.15, -0.1) is 0 Å². The van der Waals surface area contributed by atoms with Crippen LogP contribution in [-0.2, 0) is 0 Å². The largest absolute Gasteiger partial charge is 0.496 e. The van der Waals surface area contributed by atoms with Crippen molar-refractivity contribution in [3.8, 4) is 5.75 Å². The van der Waals surface area contributed by atoms with Crippen molar-refractivity contribution in [2.75, 3.05) is 32.5 Å². The molecule has 5 nitrogen and oxygen atoms in total. The molecule has 0 radical (unpaired) electrons. The average molecular weight is 322 g/mol. The second-order valence-electron chi connectivity index (χ2n) is 6.93. The molecule has 1 aromatic rings. The van der Waals surface area contributed by atoms with Crippen LogP contribution in [-0.4, -0.2) is 43.1 Å². The number of methoxy groups -OCH3 is 1. The third kappa shape index (κ3) is 2.07. The van der Waals surface area contributed by atoms with Crippen LogP contribution >= 0.6 is 11.6 Å². The van der Waals surface area contributed by atoms with Gasteiger partial charge in [-0.25, -0.2) is 0 Å². The summed E-state index contributed by atoms with van der Waals surface area (Å²) in [5.41, 5.74) is 6.57. The molecule has 118 valence electrons. The van der Waals surface area contributed by atoms with Gasteiger partial charge in [-0.3, -0.25) is 4.79 Å². The number of rotatable bonds is 3. The number of halogens is 1. The van der Waals surface area contributed by atoms with Crippen molar-refractivity contribution in [3.05, 3.63) is 22.7 Å². The standard InChI is InChI=1S/C16H20ClN3O2/c1-22-14-3-13(18)12(17)2-11(14)15(21)19-16-4-9-6-20(8-16)7-10(9)5-16/h2-3,9-10H,4-8,18H2,1H3,(H,19,21). The first-order valence-corrected chi connectivity index (χ1v) is 8.05. The Bertz CT molecular complexity index is 629. The highest BCUT2D eigenvalue weighted by molar-refractivity contribution is 6.33. The molecule has 3 N–H and O–H groups in total. The minimum absolute atomic E-state index is 0.0816. The van der Waals surface area contributed by atoms with Crippen molar-refractivity contribution in [1.29, 1.82) is 0 Å². The molecule has 1 aliphatic carbocycles. The van der Waals surface area contributed by atoms with Gasteiger partial charge in [0.15, 0.2) is 0 Å². The number of hydrogen-bond donors (Lipinski definition) is 2. The number of nitrogens with zero attached hydrogens (tertiary/aromatic N) is 1. The maximum absolute atomic E-state index is 12.8. The van der Waals surface area contributed by atoms with E-state index in [9.17, 15) is 4.79 Å². The predicted molar refractivity (Wildman–Crippen MR) is 85.3 cm³/mol. The van der Waals surface area contributed by atoms with Gasteiger partial charge >= 0.3 is 0 Å². The molecule has 1 saturated carbocycles. The van der Waals surface area contributed by atoms with E-state index in [1.807, 2.05) is 0 Å². The van der Waals surface area contributed by atoms with E-state index < -0.39 is 0 Å². The van der Waals surface area contributed by atoms with Gasteiger partial charge in [0.1, 0.15) is 5.75 Å². The number of nitrogens with two attached hydrogens (primary N) is 1. The van der Waals surface area contributed by atoms with Crippen molar-refractivity contribution in [2.24, 2.45) is 11.8 Å². The Morgan fingerprint density at radius 3 is 2.68 bits per heavy atom. The number of piperidine rings is 2. The van der Waals surface area contributed by atoms with E-state index in [1.165, 1.54) is 20.2 Å². The molecule has 3 saturated heterocycles. The molecule has 5 rings (SSSR count). The molecule has 1 aromatic carbocycles. The maximum Gasteiger partial charge on any atom is 0.255 e. The number of nitrogen functional groups attached to an aromatic ring is 1. The molecular weight excluding hydrogens is 302 g/mol. The smallest absolute Gasteiger partial charge is 0.255 e. The molecule has 6 heteroatoms. The van der Waals surface area contributed by atoms with Crippen LogP contribution in [0.5, 0.6) is 5.75 Å². The number of carbonyl (C=O) groups excluding carboxylic acids is 1. The second kappa shape index (κ2) is 4.77. The van der Waals surface area contributed by atoms with Crippen molar-refractivity contribution >= 4 is 23.2 Å². The Kier molecular flexibility index (Phi) is 3.07. The minimum Gasteiger partial charge on any atom is -0.496 e. The highest BCUT2D eigenvalue weighted by atomic mass is 35.5. The molecule has 2 unspecified atom stereocenters. The number of ether oxygens (including phenoxy) is 1. The number of benzene rings is 1. The Balaban J connectivity index is 1.60. The minimum atomic E-state index is -0.123. The lowest BCUT2D eigenvalue weighted by molar-refractivity contribution is 0.0798. The van der Waals surface area contributed by atoms with E-state index in [-0.39, 0.29) is 11.4 Å². The average Bonchev–Trinajstić information content (AvgIpc) is 2.88. The first kappa shape index (κ1) is 14.2. The molecule has 3 aliphatic heterocycles. The number of amides is 1. The van der Waals surface area contributed by atoms with E-state index in [2.05, 4.69) is 10.2 Å². The lowest BCUT2D eigenvalue weighted by Crippen LogP contribution is -2.58. The van der Waals surface area contributed by atoms with E-state index >= 15 is 0 Å². The molecule has 4 fully saturated rings. The summed E-state index contributed by atoms with van der Waals surface area (Å²) in [4.78, 5) is 15.2. The SMILES string of the molecule is COc1cc(N)c(Cl)cc1C(=O)NC12CC3CN(CC3C1)C2. The monoisotopic (exact) mass is 321 g/mol. The van der Waals surface area contributed by atoms with Gasteiger partial charge in [0, 0.05) is 25.7 Å². The van der Waals surface area contributed by atoms with Crippen molar-refractivity contribution < 1.29 is 9.53 Å². The summed E-state index contributed by atoms with van der Waals surface area (Å²) in [5.74, 6) is 1.82. The molecule has 3 heterocycles. The van der Waals surface area contributed by atoms with Crippen LogP contribution in [0.1, 0.15) is 23.2 Å². The van der Waals surface area contributed by atoms with Gasteiger partial charge < -0.3 is 20.7 Å². The Hall–Kier alpha value is -1.46. The summed E-state index contributed by atoms with van der Waals surface area (Å²) in [6.07, 6.45) is 2.18. The summed E-state index contributed by atoms with van der Waals surface area (Å²) in [5, 5.41) is 3.64. The predicted octanol–water partition coefficient (Wildman–Crippen LogP) is 1.75. The zero-order valence-electron chi connectivity index (χ0n) is 12.6. The van der Waals surface area contributed by atoms with Crippen LogP contribution in [0, 0.1) is 11.8 Å². The molecule has 4 aliphatic rings. The fraction of sp³-hybridized carbons (Fsp3) is 0.562. The summed E-state index contributed by atoms with van der Waals surface area (Å²) < 4.78 is 5.29. The van der Waals surface area contributed by atoms with E-state index in [4.69, 9.17) is 22.1 Å². The van der Waals surface area contributed by atoms with Crippen molar-refractivity contribution in [2.45, 2.75) is 18.4 Å². The molecular formula is C16H20ClN3O2. The fourth-order valence-corrected chi connectivity index (χ4v) is 4.80. The van der Waals surface area contributed by atoms with Crippen LogP contribution in [0.15, 0.2) is 12.1 Å². The molecule has 4 bridgehead atoms. The van der Waals surface area contributed by atoms with E-state index in [1.54, 1.807) is 12.1 Å². The van der Waals surface area contributed by atoms with Crippen LogP contribution in [0.3, 0.4) is 0 Å². The summed E-state index contributed by atoms with van der Waals surface area (Å²) >= 11 is 6.07. The summed E-state index contributed by atoms with van der Waals surface area (Å²) in [6.45, 7) is 3.34. The Morgan fingerprint density at radius 2 is 2.09 bits per heavy atom. The van der Waals surface area contributed by atoms with Gasteiger partial charge in [-0.05, 0) is 30.7 Å². The molecule has 1 amide bonds. The first-order valence-electron chi connectivity index (χ1n) is 7.67. The fourth-order valence-electron chi connectivity index (χ4n) is 4.64. The Morgan fingerprint density at radius 1 is 1.41 bits per heavy atom. The van der Waals surface area contributed by atoms with Gasteiger partial charge in [0.2, 0.25) is 0 Å². The first-order chi connectivity index (χ1) is 10.5. The normalized spacial score (nSPS) is 34.9. The molecule has 0 aromatic heterocycles. The Labute approximate surface area is 134 Å². The maximum atomic E-state index is 12.8. The van der Waals surface area contributed by atoms with Gasteiger partial charge in [-0.1, -0.05) is 11.6 Å². The van der Waals surface area contributed by atoms with Gasteiger partial charge in [0.05, 0.1) is 28.9 Å². The molecule has 0 spiro atoms. The zero-order chi connectivity index (χ0) is 15.5. The number of nitrogens with one attached hydrogen (secondary N) is 1.